The molecule has 94 valence electrons. The van der Waals surface area contributed by atoms with Gasteiger partial charge >= 0.3 is 0 Å². The first kappa shape index (κ1) is 12.8. The van der Waals surface area contributed by atoms with Gasteiger partial charge < -0.3 is 4.74 Å². The molecule has 2 nitrogen and oxygen atoms in total. The van der Waals surface area contributed by atoms with Gasteiger partial charge in [-0.25, -0.2) is 0 Å². The summed E-state index contributed by atoms with van der Waals surface area (Å²) in [4.78, 5) is 11.6. The van der Waals surface area contributed by atoms with Crippen LogP contribution in [0.4, 0.5) is 0 Å². The van der Waals surface area contributed by atoms with E-state index >= 15 is 0 Å². The Morgan fingerprint density at radius 1 is 1.39 bits per heavy atom. The van der Waals surface area contributed by atoms with Gasteiger partial charge in [-0.05, 0) is 24.6 Å². The molecule has 1 aromatic carbocycles. The van der Waals surface area contributed by atoms with Gasteiger partial charge in [-0.2, -0.15) is 0 Å². The predicted octanol–water partition coefficient (Wildman–Crippen LogP) is 3.25. The third kappa shape index (κ3) is 2.04. The van der Waals surface area contributed by atoms with Crippen molar-refractivity contribution in [1.82, 2.24) is 0 Å². The fourth-order valence-electron chi connectivity index (χ4n) is 2.62. The van der Waals surface area contributed by atoms with Crippen LogP contribution in [-0.2, 0) is 15.1 Å². The van der Waals surface area contributed by atoms with E-state index in [2.05, 4.69) is 6.58 Å². The zero-order valence-corrected chi connectivity index (χ0v) is 10.8. The zero-order valence-electron chi connectivity index (χ0n) is 10.8. The maximum Gasteiger partial charge on any atom is 0.156 e. The Morgan fingerprint density at radius 3 is 2.61 bits per heavy atom. The molecule has 0 bridgehead atoms. The summed E-state index contributed by atoms with van der Waals surface area (Å²) in [6.07, 6.45) is 3.94. The number of benzene rings is 1. The van der Waals surface area contributed by atoms with Crippen LogP contribution in [0.2, 0.25) is 0 Å². The van der Waals surface area contributed by atoms with Gasteiger partial charge in [0.25, 0.3) is 0 Å². The minimum atomic E-state index is -0.568. The van der Waals surface area contributed by atoms with E-state index in [4.69, 9.17) is 4.74 Å². The summed E-state index contributed by atoms with van der Waals surface area (Å²) in [6.45, 7) is 5.97. The number of allylic oxidation sites excluding steroid dienone is 1. The van der Waals surface area contributed by atoms with Crippen LogP contribution in [0.5, 0.6) is 0 Å². The summed E-state index contributed by atoms with van der Waals surface area (Å²) in [6, 6.07) is 9.99. The molecule has 18 heavy (non-hydrogen) atoms. The molecule has 2 rings (SSSR count). The molecule has 0 saturated carbocycles. The fourth-order valence-corrected chi connectivity index (χ4v) is 2.62. The average molecular weight is 242 g/mol. The van der Waals surface area contributed by atoms with Crippen LogP contribution >= 0.6 is 0 Å². The van der Waals surface area contributed by atoms with Crippen molar-refractivity contribution in [2.24, 2.45) is 5.92 Å². The van der Waals surface area contributed by atoms with Crippen LogP contribution in [0.1, 0.15) is 18.9 Å². The SMILES string of the molecule is C=C(C)[C@@H]1CC(=O)C=C[C@@]1(OC)c1ccccc1. The maximum atomic E-state index is 11.6. The summed E-state index contributed by atoms with van der Waals surface area (Å²) in [7, 11) is 1.68. The highest BCUT2D eigenvalue weighted by molar-refractivity contribution is 5.91. The summed E-state index contributed by atoms with van der Waals surface area (Å²) >= 11 is 0. The van der Waals surface area contributed by atoms with Crippen molar-refractivity contribution in [2.75, 3.05) is 7.11 Å². The van der Waals surface area contributed by atoms with Crippen molar-refractivity contribution in [1.29, 1.82) is 0 Å². The molecule has 0 N–H and O–H groups in total. The fraction of sp³-hybridized carbons (Fsp3) is 0.312. The average Bonchev–Trinajstić information content (AvgIpc) is 2.40. The first-order chi connectivity index (χ1) is 8.60. The third-order valence-corrected chi connectivity index (χ3v) is 3.60. The van der Waals surface area contributed by atoms with Crippen molar-refractivity contribution < 1.29 is 9.53 Å². The zero-order chi connectivity index (χ0) is 13.2. The second-order valence-electron chi connectivity index (χ2n) is 4.77. The molecule has 1 aliphatic rings. The summed E-state index contributed by atoms with van der Waals surface area (Å²) in [5.74, 6) is 0.119. The van der Waals surface area contributed by atoms with Crippen molar-refractivity contribution in [3.8, 4) is 0 Å². The van der Waals surface area contributed by atoms with Crippen LogP contribution in [0, 0.1) is 5.92 Å². The second kappa shape index (κ2) is 4.91. The number of hydrogen-bond donors (Lipinski definition) is 0. The van der Waals surface area contributed by atoms with E-state index in [1.165, 1.54) is 0 Å². The molecule has 1 aromatic rings. The Hall–Kier alpha value is -1.67. The van der Waals surface area contributed by atoms with Gasteiger partial charge in [-0.15, -0.1) is 0 Å². The quantitative estimate of drug-likeness (QED) is 0.760. The van der Waals surface area contributed by atoms with Crippen LogP contribution in [0.3, 0.4) is 0 Å². The first-order valence-electron chi connectivity index (χ1n) is 6.08. The van der Waals surface area contributed by atoms with Gasteiger partial charge in [-0.1, -0.05) is 42.5 Å². The summed E-state index contributed by atoms with van der Waals surface area (Å²) in [5.41, 5.74) is 1.46. The van der Waals surface area contributed by atoms with Gasteiger partial charge in [0.05, 0.1) is 0 Å². The van der Waals surface area contributed by atoms with Crippen LogP contribution in [0.25, 0.3) is 0 Å². The van der Waals surface area contributed by atoms with E-state index in [-0.39, 0.29) is 11.7 Å². The molecule has 0 radical (unpaired) electrons. The molecule has 0 amide bonds. The highest BCUT2D eigenvalue weighted by atomic mass is 16.5. The molecule has 0 aliphatic heterocycles. The molecule has 1 aliphatic carbocycles. The highest BCUT2D eigenvalue weighted by Crippen LogP contribution is 2.42. The van der Waals surface area contributed by atoms with Gasteiger partial charge in [0, 0.05) is 19.4 Å². The molecule has 0 fully saturated rings. The normalized spacial score (nSPS) is 27.2. The Balaban J connectivity index is 2.56. The first-order valence-corrected chi connectivity index (χ1v) is 6.08. The van der Waals surface area contributed by atoms with Crippen molar-refractivity contribution in [3.63, 3.8) is 0 Å². The summed E-state index contributed by atoms with van der Waals surface area (Å²) < 4.78 is 5.79. The lowest BCUT2D eigenvalue weighted by Gasteiger charge is -2.40. The lowest BCUT2D eigenvalue weighted by Crippen LogP contribution is -2.39. The van der Waals surface area contributed by atoms with Crippen molar-refractivity contribution >= 4 is 5.78 Å². The van der Waals surface area contributed by atoms with Gasteiger partial charge in [0.15, 0.2) is 5.78 Å². The number of rotatable bonds is 3. The van der Waals surface area contributed by atoms with E-state index < -0.39 is 5.60 Å². The van der Waals surface area contributed by atoms with E-state index in [1.54, 1.807) is 13.2 Å². The van der Waals surface area contributed by atoms with E-state index in [1.807, 2.05) is 43.3 Å². The van der Waals surface area contributed by atoms with Crippen molar-refractivity contribution in [2.45, 2.75) is 18.9 Å². The molecule has 2 atom stereocenters. The van der Waals surface area contributed by atoms with Crippen LogP contribution in [0.15, 0.2) is 54.6 Å². The number of ketones is 1. The molecule has 0 aromatic heterocycles. The molecular formula is C16H18O2. The van der Waals surface area contributed by atoms with Gasteiger partial charge in [-0.3, -0.25) is 4.79 Å². The largest absolute Gasteiger partial charge is 0.369 e. The molecule has 2 heteroatoms. The monoisotopic (exact) mass is 242 g/mol. The smallest absolute Gasteiger partial charge is 0.156 e. The number of hydrogen-bond acceptors (Lipinski definition) is 2. The van der Waals surface area contributed by atoms with Crippen molar-refractivity contribution in [3.05, 3.63) is 60.2 Å². The van der Waals surface area contributed by atoms with Gasteiger partial charge in [0.2, 0.25) is 0 Å². The minimum absolute atomic E-state index is 0.0117. The Labute approximate surface area is 108 Å². The second-order valence-corrected chi connectivity index (χ2v) is 4.77. The van der Waals surface area contributed by atoms with E-state index in [9.17, 15) is 4.79 Å². The lowest BCUT2D eigenvalue weighted by molar-refractivity contribution is -0.119. The highest BCUT2D eigenvalue weighted by Gasteiger charge is 2.42. The Kier molecular flexibility index (Phi) is 3.48. The molecular weight excluding hydrogens is 224 g/mol. The topological polar surface area (TPSA) is 26.3 Å². The molecule has 0 saturated heterocycles. The molecule has 0 heterocycles. The lowest BCUT2D eigenvalue weighted by atomic mass is 9.72. The number of carbonyl (C=O) groups excluding carboxylic acids is 1. The predicted molar refractivity (Wildman–Crippen MR) is 72.2 cm³/mol. The van der Waals surface area contributed by atoms with Crippen LogP contribution in [-0.4, -0.2) is 12.9 Å². The Morgan fingerprint density at radius 2 is 2.06 bits per heavy atom. The van der Waals surface area contributed by atoms with Gasteiger partial charge in [0.1, 0.15) is 5.60 Å². The minimum Gasteiger partial charge on any atom is -0.369 e. The van der Waals surface area contributed by atoms with E-state index in [0.29, 0.717) is 6.42 Å². The molecule has 0 spiro atoms. The van der Waals surface area contributed by atoms with E-state index in [0.717, 1.165) is 11.1 Å². The maximum absolute atomic E-state index is 11.6. The standard InChI is InChI=1S/C16H18O2/c1-12(2)15-11-14(17)9-10-16(15,18-3)13-7-5-4-6-8-13/h4-10,15H,1,11H2,2-3H3/t15-,16+/m0/s1. The molecule has 0 unspecified atom stereocenters. The third-order valence-electron chi connectivity index (χ3n) is 3.60. The number of carbonyl (C=O) groups is 1. The number of methoxy groups -OCH3 is 1. The van der Waals surface area contributed by atoms with Crippen LogP contribution < -0.4 is 0 Å². The number of ether oxygens (including phenoxy) is 1. The summed E-state index contributed by atoms with van der Waals surface area (Å²) in [5, 5.41) is 0. The Bertz CT molecular complexity index is 487.